The lowest BCUT2D eigenvalue weighted by Gasteiger charge is -2.34. The molecule has 0 aromatic heterocycles. The quantitative estimate of drug-likeness (QED) is 0.859. The van der Waals surface area contributed by atoms with Crippen molar-refractivity contribution in [2.75, 3.05) is 11.4 Å². The van der Waals surface area contributed by atoms with Gasteiger partial charge < -0.3 is 10.2 Å². The van der Waals surface area contributed by atoms with E-state index in [9.17, 15) is 9.59 Å². The average Bonchev–Trinajstić information content (AvgIpc) is 2.36. The molecule has 1 heterocycles. The summed E-state index contributed by atoms with van der Waals surface area (Å²) in [6, 6.07) is 7.89. The summed E-state index contributed by atoms with van der Waals surface area (Å²) >= 11 is 0. The number of carbonyl (C=O) groups is 2. The number of benzene rings is 1. The van der Waals surface area contributed by atoms with Crippen molar-refractivity contribution in [3.8, 4) is 0 Å². The fraction of sp³-hybridized carbons (Fsp3) is 0.429. The first-order chi connectivity index (χ1) is 8.61. The molecule has 0 radical (unpaired) electrons. The molecule has 4 heteroatoms. The largest absolute Gasteiger partial charge is 0.351 e. The summed E-state index contributed by atoms with van der Waals surface area (Å²) in [5, 5.41) is 2.90. The van der Waals surface area contributed by atoms with E-state index in [1.165, 1.54) is 6.92 Å². The third-order valence-corrected chi connectivity index (χ3v) is 3.16. The van der Waals surface area contributed by atoms with Crippen molar-refractivity contribution < 1.29 is 9.59 Å². The van der Waals surface area contributed by atoms with Crippen molar-refractivity contribution in [1.29, 1.82) is 0 Å². The van der Waals surface area contributed by atoms with Gasteiger partial charge in [-0.1, -0.05) is 25.1 Å². The van der Waals surface area contributed by atoms with Crippen LogP contribution in [0, 0.1) is 0 Å². The monoisotopic (exact) mass is 246 g/mol. The van der Waals surface area contributed by atoms with Gasteiger partial charge in [0.15, 0.2) is 0 Å². The van der Waals surface area contributed by atoms with Crippen molar-refractivity contribution in [3.05, 3.63) is 29.8 Å². The van der Waals surface area contributed by atoms with Crippen LogP contribution in [0.4, 0.5) is 5.69 Å². The summed E-state index contributed by atoms with van der Waals surface area (Å²) in [6.07, 6.45) is 1.25. The van der Waals surface area contributed by atoms with Crippen molar-refractivity contribution in [3.63, 3.8) is 0 Å². The van der Waals surface area contributed by atoms with E-state index in [1.54, 1.807) is 4.90 Å². The van der Waals surface area contributed by atoms with Gasteiger partial charge in [0.2, 0.25) is 11.8 Å². The first kappa shape index (κ1) is 12.6. The predicted molar refractivity (Wildman–Crippen MR) is 70.4 cm³/mol. The second-order valence-corrected chi connectivity index (χ2v) is 4.59. The van der Waals surface area contributed by atoms with E-state index in [0.29, 0.717) is 13.0 Å². The molecule has 96 valence electrons. The Morgan fingerprint density at radius 1 is 1.39 bits per heavy atom. The van der Waals surface area contributed by atoms with Crippen LogP contribution in [0.3, 0.4) is 0 Å². The van der Waals surface area contributed by atoms with Crippen molar-refractivity contribution >= 4 is 17.5 Å². The zero-order valence-electron chi connectivity index (χ0n) is 10.8. The molecule has 2 rings (SSSR count). The summed E-state index contributed by atoms with van der Waals surface area (Å²) in [7, 11) is 0. The molecule has 1 aliphatic rings. The van der Waals surface area contributed by atoms with Gasteiger partial charge >= 0.3 is 0 Å². The summed E-state index contributed by atoms with van der Waals surface area (Å²) in [4.78, 5) is 24.9. The van der Waals surface area contributed by atoms with E-state index in [2.05, 4.69) is 5.32 Å². The van der Waals surface area contributed by atoms with E-state index in [-0.39, 0.29) is 17.9 Å². The van der Waals surface area contributed by atoms with Crippen LogP contribution >= 0.6 is 0 Å². The van der Waals surface area contributed by atoms with Gasteiger partial charge in [-0.2, -0.15) is 0 Å². The van der Waals surface area contributed by atoms with E-state index < -0.39 is 0 Å². The second kappa shape index (κ2) is 5.21. The Bertz CT molecular complexity index is 471. The molecular formula is C14H18N2O2. The number of hydrogen-bond donors (Lipinski definition) is 1. The van der Waals surface area contributed by atoms with Crippen LogP contribution in [-0.2, 0) is 16.0 Å². The van der Waals surface area contributed by atoms with Gasteiger partial charge in [0, 0.05) is 25.6 Å². The van der Waals surface area contributed by atoms with Gasteiger partial charge in [-0.3, -0.25) is 9.59 Å². The highest BCUT2D eigenvalue weighted by Crippen LogP contribution is 2.27. The molecule has 18 heavy (non-hydrogen) atoms. The lowest BCUT2D eigenvalue weighted by Crippen LogP contribution is -2.49. The Hall–Kier alpha value is -1.84. The maximum atomic E-state index is 12.0. The van der Waals surface area contributed by atoms with Gasteiger partial charge in [-0.15, -0.1) is 0 Å². The molecule has 0 fully saturated rings. The normalized spacial score (nSPS) is 18.1. The van der Waals surface area contributed by atoms with Crippen LogP contribution in [-0.4, -0.2) is 24.4 Å². The molecule has 1 aromatic rings. The number of carbonyl (C=O) groups excluding carboxylic acids is 2. The zero-order chi connectivity index (χ0) is 13.1. The Kier molecular flexibility index (Phi) is 3.65. The van der Waals surface area contributed by atoms with Crippen LogP contribution < -0.4 is 10.2 Å². The van der Waals surface area contributed by atoms with Gasteiger partial charge in [0.05, 0.1) is 6.04 Å². The summed E-state index contributed by atoms with van der Waals surface area (Å²) in [5.74, 6) is 0.0424. The highest BCUT2D eigenvalue weighted by atomic mass is 16.2. The van der Waals surface area contributed by atoms with E-state index in [0.717, 1.165) is 17.7 Å². The van der Waals surface area contributed by atoms with Crippen LogP contribution in [0.2, 0.25) is 0 Å². The smallest absolute Gasteiger partial charge is 0.226 e. The lowest BCUT2D eigenvalue weighted by atomic mass is 9.97. The minimum Gasteiger partial charge on any atom is -0.351 e. The van der Waals surface area contributed by atoms with E-state index in [1.807, 2.05) is 31.2 Å². The number of hydrogen-bond acceptors (Lipinski definition) is 2. The molecule has 0 saturated carbocycles. The molecule has 1 aliphatic heterocycles. The van der Waals surface area contributed by atoms with Gasteiger partial charge in [-0.25, -0.2) is 0 Å². The van der Waals surface area contributed by atoms with Crippen molar-refractivity contribution in [1.82, 2.24) is 5.32 Å². The minimum absolute atomic E-state index is 0.00731. The molecule has 1 atom stereocenters. The highest BCUT2D eigenvalue weighted by Gasteiger charge is 2.27. The van der Waals surface area contributed by atoms with Crippen molar-refractivity contribution in [2.45, 2.75) is 32.7 Å². The molecule has 4 nitrogen and oxygen atoms in total. The average molecular weight is 246 g/mol. The fourth-order valence-corrected chi connectivity index (χ4v) is 2.41. The summed E-state index contributed by atoms with van der Waals surface area (Å²) in [6.45, 7) is 3.92. The summed E-state index contributed by atoms with van der Waals surface area (Å²) < 4.78 is 0. The lowest BCUT2D eigenvalue weighted by molar-refractivity contribution is -0.121. The van der Waals surface area contributed by atoms with Crippen LogP contribution in [0.5, 0.6) is 0 Å². The highest BCUT2D eigenvalue weighted by molar-refractivity contribution is 5.94. The topological polar surface area (TPSA) is 49.4 Å². The third-order valence-electron chi connectivity index (χ3n) is 3.16. The minimum atomic E-state index is -0.0525. The zero-order valence-corrected chi connectivity index (χ0v) is 10.8. The first-order valence-corrected chi connectivity index (χ1v) is 6.27. The number of para-hydroxylation sites is 1. The third kappa shape index (κ3) is 2.53. The number of amides is 2. The summed E-state index contributed by atoms with van der Waals surface area (Å²) in [5.41, 5.74) is 2.09. The molecule has 0 aliphatic carbocycles. The van der Waals surface area contributed by atoms with Gasteiger partial charge in [-0.05, 0) is 18.1 Å². The molecule has 1 aromatic carbocycles. The maximum Gasteiger partial charge on any atom is 0.226 e. The van der Waals surface area contributed by atoms with E-state index >= 15 is 0 Å². The SMILES string of the molecule is CCC(=O)N1CC(NC(C)=O)Cc2ccccc21. The molecule has 0 bridgehead atoms. The Labute approximate surface area is 107 Å². The number of fused-ring (bicyclic) bond motifs is 1. The van der Waals surface area contributed by atoms with Gasteiger partial charge in [0.25, 0.3) is 0 Å². The predicted octanol–water partition coefficient (Wildman–Crippen LogP) is 1.49. The molecule has 2 amide bonds. The first-order valence-electron chi connectivity index (χ1n) is 6.27. The van der Waals surface area contributed by atoms with Crippen LogP contribution in [0.25, 0.3) is 0 Å². The Morgan fingerprint density at radius 3 is 2.78 bits per heavy atom. The molecule has 1 N–H and O–H groups in total. The Morgan fingerprint density at radius 2 is 2.11 bits per heavy atom. The number of nitrogens with one attached hydrogen (secondary N) is 1. The van der Waals surface area contributed by atoms with E-state index in [4.69, 9.17) is 0 Å². The van der Waals surface area contributed by atoms with Crippen molar-refractivity contribution in [2.24, 2.45) is 0 Å². The molecule has 1 unspecified atom stereocenters. The molecular weight excluding hydrogens is 228 g/mol. The molecule has 0 saturated heterocycles. The Balaban J connectivity index is 2.29. The van der Waals surface area contributed by atoms with Gasteiger partial charge in [0.1, 0.15) is 0 Å². The maximum absolute atomic E-state index is 12.0. The number of rotatable bonds is 2. The molecule has 0 spiro atoms. The second-order valence-electron chi connectivity index (χ2n) is 4.59. The standard InChI is InChI=1S/C14H18N2O2/c1-3-14(18)16-9-12(15-10(2)17)8-11-6-4-5-7-13(11)16/h4-7,12H,3,8-9H2,1-2H3,(H,15,17). The number of anilines is 1. The van der Waals surface area contributed by atoms with Crippen LogP contribution in [0.15, 0.2) is 24.3 Å². The number of nitrogens with zero attached hydrogens (tertiary/aromatic N) is 1. The fourth-order valence-electron chi connectivity index (χ4n) is 2.41. The van der Waals surface area contributed by atoms with Crippen LogP contribution in [0.1, 0.15) is 25.8 Å².